The van der Waals surface area contributed by atoms with Gasteiger partial charge in [-0.2, -0.15) is 20.3 Å². The van der Waals surface area contributed by atoms with Crippen LogP contribution in [0.25, 0.3) is 32.1 Å². The first-order chi connectivity index (χ1) is 25.5. The van der Waals surface area contributed by atoms with Gasteiger partial charge in [0.25, 0.3) is 0 Å². The molecule has 12 nitrogen and oxygen atoms in total. The Morgan fingerprint density at radius 3 is 2.83 bits per heavy atom. The average Bonchev–Trinajstić information content (AvgIpc) is 3.77. The summed E-state index contributed by atoms with van der Waals surface area (Å²) in [5.41, 5.74) is 13.0. The lowest BCUT2D eigenvalue weighted by Crippen LogP contribution is -2.47. The molecule has 2 aromatic carbocycles. The molecule has 0 radical (unpaired) electrons. The van der Waals surface area contributed by atoms with Crippen LogP contribution in [-0.4, -0.2) is 83.1 Å². The first-order valence-corrected chi connectivity index (χ1v) is 18.6. The Morgan fingerprint density at radius 1 is 1.23 bits per heavy atom. The second-order valence-corrected chi connectivity index (χ2v) is 15.3. The number of nitriles is 1. The van der Waals surface area contributed by atoms with E-state index in [1.54, 1.807) is 17.3 Å². The Bertz CT molecular complexity index is 2350. The molecule has 4 N–H and O–H groups in total. The van der Waals surface area contributed by atoms with Gasteiger partial charge in [0.1, 0.15) is 47.3 Å². The molecule has 0 spiro atoms. The lowest BCUT2D eigenvalue weighted by molar-refractivity contribution is 0.0986. The molecule has 3 aliphatic heterocycles. The molecule has 0 saturated carbocycles. The average molecular weight is 759 g/mol. The van der Waals surface area contributed by atoms with Crippen molar-refractivity contribution in [2.75, 3.05) is 56.8 Å². The van der Waals surface area contributed by atoms with Crippen LogP contribution >= 0.6 is 22.9 Å². The number of ether oxygens (including phenoxy) is 2. The first-order valence-electron chi connectivity index (χ1n) is 17.4. The third-order valence-corrected chi connectivity index (χ3v) is 12.1. The van der Waals surface area contributed by atoms with Crippen molar-refractivity contribution >= 4 is 66.8 Å². The molecule has 16 heteroatoms. The van der Waals surface area contributed by atoms with Gasteiger partial charge in [0.05, 0.1) is 38.8 Å². The Labute approximate surface area is 313 Å². The number of nitrogens with two attached hydrogens (primary N) is 2. The summed E-state index contributed by atoms with van der Waals surface area (Å²) in [7, 11) is 3.80. The number of halogens is 3. The summed E-state index contributed by atoms with van der Waals surface area (Å²) in [4.78, 5) is 18.3. The monoisotopic (exact) mass is 758 g/mol. The fourth-order valence-electron chi connectivity index (χ4n) is 8.18. The molecular weight excluding hydrogens is 722 g/mol. The smallest absolute Gasteiger partial charge is 0.319 e. The van der Waals surface area contributed by atoms with E-state index in [-0.39, 0.29) is 83.7 Å². The summed E-state index contributed by atoms with van der Waals surface area (Å²) in [5.74, 6) is -0.526. The van der Waals surface area contributed by atoms with Crippen molar-refractivity contribution in [1.29, 1.82) is 5.26 Å². The van der Waals surface area contributed by atoms with E-state index in [0.717, 1.165) is 49.1 Å². The maximum absolute atomic E-state index is 17.4. The molecule has 0 bridgehead atoms. The number of hydrogen-bond donors (Lipinski definition) is 2. The number of fused-ring (bicyclic) bond motifs is 2. The fourth-order valence-corrected chi connectivity index (χ4v) is 9.46. The third kappa shape index (κ3) is 5.71. The maximum atomic E-state index is 17.4. The van der Waals surface area contributed by atoms with Crippen molar-refractivity contribution in [2.45, 2.75) is 50.2 Å². The van der Waals surface area contributed by atoms with E-state index < -0.39 is 11.6 Å². The highest BCUT2D eigenvalue weighted by molar-refractivity contribution is 7.23. The zero-order valence-electron chi connectivity index (χ0n) is 29.4. The quantitative estimate of drug-likeness (QED) is 0.127. The SMILES string of the molecule is C[C@H](c1cccnc1N)N1CCOc2c(Cl)c(-c3ccc(F)c4sc(N)c(C#N)c34)c(F)c3nc(OC[C@@]45CCCN4[C@H](/C=N/N(C)C)CC5)nc1c23. The summed E-state index contributed by atoms with van der Waals surface area (Å²) >= 11 is 8.02. The van der Waals surface area contributed by atoms with E-state index in [4.69, 9.17) is 42.5 Å². The Hall–Kier alpha value is -5.04. The number of thiophene rings is 1. The fraction of sp³-hybridized carbons (Fsp3) is 0.378. The van der Waals surface area contributed by atoms with Crippen LogP contribution in [0, 0.1) is 23.0 Å². The molecule has 8 rings (SSSR count). The number of hydrazone groups is 1. The molecule has 3 atom stereocenters. The van der Waals surface area contributed by atoms with Gasteiger partial charge in [0.15, 0.2) is 11.6 Å². The number of anilines is 3. The van der Waals surface area contributed by atoms with Gasteiger partial charge in [-0.05, 0) is 56.8 Å². The minimum Gasteiger partial charge on any atom is -0.489 e. The van der Waals surface area contributed by atoms with Gasteiger partial charge in [-0.3, -0.25) is 4.90 Å². The summed E-state index contributed by atoms with van der Waals surface area (Å²) in [6.45, 7) is 3.64. The topological polar surface area (TPSA) is 155 Å². The van der Waals surface area contributed by atoms with Crippen LogP contribution in [-0.2, 0) is 0 Å². The summed E-state index contributed by atoms with van der Waals surface area (Å²) in [6.07, 6.45) is 7.39. The molecule has 274 valence electrons. The van der Waals surface area contributed by atoms with Gasteiger partial charge in [-0.1, -0.05) is 23.7 Å². The maximum Gasteiger partial charge on any atom is 0.319 e. The van der Waals surface area contributed by atoms with Crippen molar-refractivity contribution in [3.8, 4) is 29.0 Å². The van der Waals surface area contributed by atoms with Crippen LogP contribution in [0.4, 0.5) is 25.4 Å². The lowest BCUT2D eigenvalue weighted by Gasteiger charge is -2.34. The third-order valence-electron chi connectivity index (χ3n) is 10.7. The van der Waals surface area contributed by atoms with Gasteiger partial charge in [-0.15, -0.1) is 11.3 Å². The van der Waals surface area contributed by atoms with Crippen molar-refractivity contribution < 1.29 is 18.3 Å². The standard InChI is InChI=1S/C37H37ClF2N10O2S/c1-19(21-6-4-12-44-33(21)42)49-14-15-51-31-27-30(29(40)26(28(31)38)22-7-8-24(39)32-25(22)23(16-41)34(43)53-32)46-36(47-35(27)49)52-18-37-10-5-13-50(37)20(9-11-37)17-45-48(2)3/h4,6-8,12,17,19-20H,5,9-11,13-15,18,43H2,1-3H3,(H2,42,44)/b45-17+/t19-,20+,37+/m1/s1. The lowest BCUT2D eigenvalue weighted by atomic mass is 9.95. The van der Waals surface area contributed by atoms with Crippen LogP contribution < -0.4 is 25.8 Å². The highest BCUT2D eigenvalue weighted by Gasteiger charge is 2.49. The normalized spacial score (nSPS) is 20.5. The number of nitrogens with zero attached hydrogens (tertiary/aromatic N) is 8. The number of aromatic nitrogens is 3. The highest BCUT2D eigenvalue weighted by atomic mass is 35.5. The van der Waals surface area contributed by atoms with Crippen LogP contribution in [0.1, 0.15) is 49.8 Å². The predicted molar refractivity (Wildman–Crippen MR) is 204 cm³/mol. The highest BCUT2D eigenvalue weighted by Crippen LogP contribution is 2.51. The van der Waals surface area contributed by atoms with Gasteiger partial charge in [0.2, 0.25) is 0 Å². The Morgan fingerprint density at radius 2 is 2.06 bits per heavy atom. The molecule has 53 heavy (non-hydrogen) atoms. The van der Waals surface area contributed by atoms with Crippen molar-refractivity contribution in [1.82, 2.24) is 24.9 Å². The Balaban J connectivity index is 1.31. The molecule has 0 amide bonds. The molecule has 0 unspecified atom stereocenters. The van der Waals surface area contributed by atoms with Crippen molar-refractivity contribution in [3.05, 3.63) is 58.2 Å². The van der Waals surface area contributed by atoms with E-state index in [1.807, 2.05) is 38.2 Å². The molecular formula is C37H37ClF2N10O2S. The number of rotatable bonds is 8. The molecule has 3 aromatic heterocycles. The van der Waals surface area contributed by atoms with E-state index >= 15 is 8.78 Å². The number of hydrogen-bond acceptors (Lipinski definition) is 13. The molecule has 0 aliphatic carbocycles. The van der Waals surface area contributed by atoms with Crippen LogP contribution in [0.5, 0.6) is 11.8 Å². The Kier molecular flexibility index (Phi) is 8.87. The minimum atomic E-state index is -0.802. The second kappa shape index (κ2) is 13.4. The van der Waals surface area contributed by atoms with E-state index in [2.05, 4.69) is 21.1 Å². The van der Waals surface area contributed by atoms with Gasteiger partial charge >= 0.3 is 6.01 Å². The number of nitrogen functional groups attached to an aromatic ring is 2. The summed E-state index contributed by atoms with van der Waals surface area (Å²) in [6, 6.07) is 8.13. The first kappa shape index (κ1) is 35.0. The van der Waals surface area contributed by atoms with Gasteiger partial charge < -0.3 is 30.8 Å². The zero-order valence-corrected chi connectivity index (χ0v) is 30.9. The molecule has 3 aliphatic rings. The van der Waals surface area contributed by atoms with Crippen molar-refractivity contribution in [2.24, 2.45) is 5.10 Å². The molecule has 6 heterocycles. The van der Waals surface area contributed by atoms with Crippen LogP contribution in [0.2, 0.25) is 5.02 Å². The molecule has 2 fully saturated rings. The van der Waals surface area contributed by atoms with E-state index in [0.29, 0.717) is 24.8 Å². The summed E-state index contributed by atoms with van der Waals surface area (Å²) < 4.78 is 45.5. The minimum absolute atomic E-state index is 0.0164. The molecule has 5 aromatic rings. The second-order valence-electron chi connectivity index (χ2n) is 13.9. The van der Waals surface area contributed by atoms with E-state index in [1.165, 1.54) is 12.1 Å². The zero-order chi connectivity index (χ0) is 37.2. The van der Waals surface area contributed by atoms with Gasteiger partial charge in [-0.25, -0.2) is 13.8 Å². The van der Waals surface area contributed by atoms with Crippen molar-refractivity contribution in [3.63, 3.8) is 0 Å². The van der Waals surface area contributed by atoms with E-state index in [9.17, 15) is 5.26 Å². The predicted octanol–water partition coefficient (Wildman–Crippen LogP) is 6.76. The summed E-state index contributed by atoms with van der Waals surface area (Å²) in [5, 5.41) is 16.8. The molecule has 2 saturated heterocycles. The number of pyridine rings is 1. The number of benzene rings is 2. The van der Waals surface area contributed by atoms with Crippen LogP contribution in [0.3, 0.4) is 0 Å². The largest absolute Gasteiger partial charge is 0.489 e. The van der Waals surface area contributed by atoms with Crippen LogP contribution in [0.15, 0.2) is 35.6 Å². The van der Waals surface area contributed by atoms with Gasteiger partial charge in [0, 0.05) is 49.1 Å².